The Hall–Kier alpha value is -1.43. The highest BCUT2D eigenvalue weighted by molar-refractivity contribution is 9.10. The van der Waals surface area contributed by atoms with Crippen LogP contribution in [-0.4, -0.2) is 22.2 Å². The van der Waals surface area contributed by atoms with Crippen molar-refractivity contribution in [2.75, 3.05) is 12.4 Å². The fourth-order valence-electron chi connectivity index (χ4n) is 2.17. The van der Waals surface area contributed by atoms with Gasteiger partial charge in [-0.25, -0.2) is 9.97 Å². The van der Waals surface area contributed by atoms with E-state index in [-0.39, 0.29) is 0 Å². The molecule has 0 aliphatic heterocycles. The van der Waals surface area contributed by atoms with Gasteiger partial charge in [0.2, 0.25) is 0 Å². The van der Waals surface area contributed by atoms with Gasteiger partial charge < -0.3 is 9.84 Å². The molecule has 0 radical (unpaired) electrons. The maximum Gasteiger partial charge on any atom is 0.167 e. The number of aryl methyl sites for hydroxylation is 2. The molecule has 1 aliphatic rings. The van der Waals surface area contributed by atoms with E-state index in [4.69, 9.17) is 9.51 Å². The molecule has 2 heterocycles. The summed E-state index contributed by atoms with van der Waals surface area (Å²) in [6.07, 6.45) is 2.39. The van der Waals surface area contributed by atoms with Crippen LogP contribution in [0.2, 0.25) is 0 Å². The normalized spacial score (nSPS) is 14.7. The molecule has 1 saturated carbocycles. The van der Waals surface area contributed by atoms with Gasteiger partial charge >= 0.3 is 0 Å². The number of nitrogens with one attached hydrogen (secondary N) is 1. The van der Waals surface area contributed by atoms with E-state index in [9.17, 15) is 0 Å². The lowest BCUT2D eigenvalue weighted by molar-refractivity contribution is 0.393. The summed E-state index contributed by atoms with van der Waals surface area (Å²) in [6, 6.07) is 0. The van der Waals surface area contributed by atoms with Crippen molar-refractivity contribution in [1.29, 1.82) is 0 Å². The molecule has 5 nitrogen and oxygen atoms in total. The minimum atomic E-state index is 0.545. The fraction of sp³-hybridized carbons (Fsp3) is 0.462. The van der Waals surface area contributed by atoms with Gasteiger partial charge in [-0.2, -0.15) is 0 Å². The molecule has 19 heavy (non-hydrogen) atoms. The molecule has 0 saturated heterocycles. The Bertz CT molecular complexity index is 614. The summed E-state index contributed by atoms with van der Waals surface area (Å²) in [6.45, 7) is 3.80. The molecule has 1 N–H and O–H groups in total. The molecule has 0 spiro atoms. The molecule has 3 rings (SSSR count). The van der Waals surface area contributed by atoms with Crippen molar-refractivity contribution in [2.45, 2.75) is 32.6 Å². The van der Waals surface area contributed by atoms with Crippen molar-refractivity contribution in [1.82, 2.24) is 15.1 Å². The Kier molecular flexibility index (Phi) is 3.05. The van der Waals surface area contributed by atoms with Gasteiger partial charge in [-0.15, -0.1) is 0 Å². The molecule has 0 aromatic carbocycles. The number of anilines is 1. The average molecular weight is 323 g/mol. The highest BCUT2D eigenvalue weighted by Crippen LogP contribution is 2.44. The fourth-order valence-corrected chi connectivity index (χ4v) is 2.87. The summed E-state index contributed by atoms with van der Waals surface area (Å²) in [5, 5.41) is 7.08. The maximum absolute atomic E-state index is 5.21. The van der Waals surface area contributed by atoms with Crippen molar-refractivity contribution in [3.05, 3.63) is 21.6 Å². The van der Waals surface area contributed by atoms with E-state index in [0.29, 0.717) is 11.7 Å². The molecule has 0 unspecified atom stereocenters. The lowest BCUT2D eigenvalue weighted by Crippen LogP contribution is -2.03. The predicted molar refractivity (Wildman–Crippen MR) is 76.2 cm³/mol. The van der Waals surface area contributed by atoms with Gasteiger partial charge in [0.1, 0.15) is 11.6 Å². The van der Waals surface area contributed by atoms with Crippen LogP contribution in [0.5, 0.6) is 0 Å². The molecule has 0 atom stereocenters. The Balaban J connectivity index is 2.19. The van der Waals surface area contributed by atoms with E-state index >= 15 is 0 Å². The highest BCUT2D eigenvalue weighted by Gasteiger charge is 2.30. The summed E-state index contributed by atoms with van der Waals surface area (Å²) in [4.78, 5) is 9.27. The number of hydrogen-bond donors (Lipinski definition) is 1. The van der Waals surface area contributed by atoms with Gasteiger partial charge in [-0.3, -0.25) is 0 Å². The first-order valence-electron chi connectivity index (χ1n) is 6.30. The average Bonchev–Trinajstić information content (AvgIpc) is 3.17. The van der Waals surface area contributed by atoms with Crippen LogP contribution in [0.1, 0.15) is 35.9 Å². The lowest BCUT2D eigenvalue weighted by Gasteiger charge is -2.10. The van der Waals surface area contributed by atoms with E-state index in [1.807, 2.05) is 20.9 Å². The molecule has 1 aliphatic carbocycles. The summed E-state index contributed by atoms with van der Waals surface area (Å²) in [5.41, 5.74) is 2.80. The molecule has 0 bridgehead atoms. The number of hydrogen-bond acceptors (Lipinski definition) is 5. The van der Waals surface area contributed by atoms with Crippen molar-refractivity contribution in [3.63, 3.8) is 0 Å². The molecule has 6 heteroatoms. The lowest BCUT2D eigenvalue weighted by atomic mass is 10.1. The van der Waals surface area contributed by atoms with Crippen LogP contribution in [0.3, 0.4) is 0 Å². The standard InChI is InChI=1S/C13H15BrN4O/c1-6-9(7(2)19-18-6)12-16-11(8-4-5-8)10(14)13(15-3)17-12/h8H,4-5H2,1-3H3,(H,15,16,17). The first-order valence-corrected chi connectivity index (χ1v) is 7.09. The quantitative estimate of drug-likeness (QED) is 0.937. The Morgan fingerprint density at radius 2 is 2.00 bits per heavy atom. The third kappa shape index (κ3) is 2.14. The Morgan fingerprint density at radius 3 is 2.53 bits per heavy atom. The SMILES string of the molecule is CNc1nc(-c2c(C)noc2C)nc(C2CC2)c1Br. The third-order valence-corrected chi connectivity index (χ3v) is 4.12. The molecule has 2 aromatic heterocycles. The van der Waals surface area contributed by atoms with Gasteiger partial charge in [0.25, 0.3) is 0 Å². The summed E-state index contributed by atoms with van der Waals surface area (Å²) in [5.74, 6) is 2.80. The summed E-state index contributed by atoms with van der Waals surface area (Å²) >= 11 is 3.59. The Labute approximate surface area is 119 Å². The van der Waals surface area contributed by atoms with Crippen molar-refractivity contribution < 1.29 is 4.52 Å². The predicted octanol–water partition coefficient (Wildman–Crippen LogP) is 3.43. The zero-order valence-electron chi connectivity index (χ0n) is 11.1. The van der Waals surface area contributed by atoms with E-state index in [1.165, 1.54) is 12.8 Å². The van der Waals surface area contributed by atoms with Crippen LogP contribution in [0.4, 0.5) is 5.82 Å². The van der Waals surface area contributed by atoms with Gasteiger partial charge in [0, 0.05) is 13.0 Å². The monoisotopic (exact) mass is 322 g/mol. The van der Waals surface area contributed by atoms with E-state index in [2.05, 4.69) is 31.4 Å². The molecule has 2 aromatic rings. The second kappa shape index (κ2) is 4.59. The first kappa shape index (κ1) is 12.6. The van der Waals surface area contributed by atoms with Gasteiger partial charge in [-0.1, -0.05) is 5.16 Å². The maximum atomic E-state index is 5.21. The number of rotatable bonds is 3. The number of halogens is 1. The third-order valence-electron chi connectivity index (χ3n) is 3.33. The Morgan fingerprint density at radius 1 is 1.26 bits per heavy atom. The van der Waals surface area contributed by atoms with E-state index < -0.39 is 0 Å². The van der Waals surface area contributed by atoms with Crippen LogP contribution in [-0.2, 0) is 0 Å². The van der Waals surface area contributed by atoms with Crippen molar-refractivity contribution in [3.8, 4) is 11.4 Å². The number of nitrogens with zero attached hydrogens (tertiary/aromatic N) is 3. The smallest absolute Gasteiger partial charge is 0.167 e. The van der Waals surface area contributed by atoms with Gasteiger partial charge in [-0.05, 0) is 42.6 Å². The summed E-state index contributed by atoms with van der Waals surface area (Å²) < 4.78 is 6.17. The zero-order chi connectivity index (χ0) is 13.6. The minimum Gasteiger partial charge on any atom is -0.372 e. The van der Waals surface area contributed by atoms with E-state index in [1.54, 1.807) is 0 Å². The van der Waals surface area contributed by atoms with Crippen LogP contribution in [0.25, 0.3) is 11.4 Å². The van der Waals surface area contributed by atoms with Crippen LogP contribution in [0.15, 0.2) is 9.00 Å². The van der Waals surface area contributed by atoms with Gasteiger partial charge in [0.15, 0.2) is 5.82 Å². The van der Waals surface area contributed by atoms with Crippen molar-refractivity contribution >= 4 is 21.7 Å². The minimum absolute atomic E-state index is 0.545. The van der Waals surface area contributed by atoms with Crippen LogP contribution < -0.4 is 5.32 Å². The zero-order valence-corrected chi connectivity index (χ0v) is 12.7. The molecule has 1 fully saturated rings. The largest absolute Gasteiger partial charge is 0.372 e. The first-order chi connectivity index (χ1) is 9.11. The van der Waals surface area contributed by atoms with E-state index in [0.717, 1.165) is 33.0 Å². The molecule has 100 valence electrons. The van der Waals surface area contributed by atoms with Crippen LogP contribution >= 0.6 is 15.9 Å². The van der Waals surface area contributed by atoms with Gasteiger partial charge in [0.05, 0.1) is 21.4 Å². The number of aromatic nitrogens is 3. The molecule has 0 amide bonds. The van der Waals surface area contributed by atoms with Crippen molar-refractivity contribution in [2.24, 2.45) is 0 Å². The molecular weight excluding hydrogens is 308 g/mol. The summed E-state index contributed by atoms with van der Waals surface area (Å²) in [7, 11) is 1.86. The van der Waals surface area contributed by atoms with Crippen LogP contribution in [0, 0.1) is 13.8 Å². The highest BCUT2D eigenvalue weighted by atomic mass is 79.9. The molecular formula is C13H15BrN4O. The second-order valence-electron chi connectivity index (χ2n) is 4.82. The topological polar surface area (TPSA) is 63.8 Å². The second-order valence-corrected chi connectivity index (χ2v) is 5.61.